The van der Waals surface area contributed by atoms with Crippen LogP contribution >= 0.6 is 0 Å². The second-order valence-electron chi connectivity index (χ2n) is 25.9. The molecule has 0 saturated carbocycles. The van der Waals surface area contributed by atoms with Crippen LogP contribution in [-0.2, 0) is 71.4 Å². The zero-order valence-corrected chi connectivity index (χ0v) is 61.3. The van der Waals surface area contributed by atoms with Gasteiger partial charge >= 0.3 is 12.2 Å². The third-order valence-electron chi connectivity index (χ3n) is 17.8. The van der Waals surface area contributed by atoms with Gasteiger partial charge in [-0.25, -0.2) is 19.4 Å². The van der Waals surface area contributed by atoms with E-state index in [2.05, 4.69) is 27.8 Å². The van der Waals surface area contributed by atoms with E-state index in [1.54, 1.807) is 53.9 Å². The van der Waals surface area contributed by atoms with Gasteiger partial charge in [-0.15, -0.1) is 6.58 Å². The summed E-state index contributed by atoms with van der Waals surface area (Å²) in [7, 11) is 2.54. The Balaban J connectivity index is 0.769. The molecule has 0 saturated heterocycles. The lowest BCUT2D eigenvalue weighted by atomic mass is 9.87. The molecule has 584 valence electrons. The lowest BCUT2D eigenvalue weighted by molar-refractivity contribution is -0.137. The van der Waals surface area contributed by atoms with Crippen LogP contribution in [0.2, 0.25) is 0 Å². The minimum atomic E-state index is -1.73. The van der Waals surface area contributed by atoms with Crippen molar-refractivity contribution < 1.29 is 125 Å². The molecule has 2 aromatic carbocycles. The van der Waals surface area contributed by atoms with Gasteiger partial charge in [0.15, 0.2) is 24.0 Å². The summed E-state index contributed by atoms with van der Waals surface area (Å²) < 4.78 is 61.1. The van der Waals surface area contributed by atoms with Crippen molar-refractivity contribution in [2.75, 3.05) is 149 Å². The molecule has 0 radical (unpaired) electrons. The smallest absolute Gasteiger partial charge is 0.416 e. The minimum absolute atomic E-state index is 0.0170. The molecule has 35 nitrogen and oxygen atoms in total. The van der Waals surface area contributed by atoms with Gasteiger partial charge in [-0.1, -0.05) is 38.0 Å². The van der Waals surface area contributed by atoms with Gasteiger partial charge in [-0.2, -0.15) is 0 Å². The molecule has 5 heterocycles. The largest absolute Gasteiger partial charge is 0.493 e. The normalized spacial score (nSPS) is 18.8. The van der Waals surface area contributed by atoms with E-state index in [4.69, 9.17) is 61.9 Å². The molecule has 106 heavy (non-hydrogen) atoms. The number of anilines is 2. The van der Waals surface area contributed by atoms with E-state index in [0.29, 0.717) is 90.7 Å². The molecule has 7 rings (SSSR count). The number of aliphatic hydroxyl groups is 2. The quantitative estimate of drug-likeness (QED) is 0.0165. The average molecular weight is 1490 g/mol. The molecular weight excluding hydrogens is 1390 g/mol. The zero-order chi connectivity index (χ0) is 77.2. The first-order valence-electron chi connectivity index (χ1n) is 34.8. The first-order chi connectivity index (χ1) is 50.7. The Bertz CT molecular complexity index is 3520. The van der Waals surface area contributed by atoms with Crippen molar-refractivity contribution in [3.63, 3.8) is 0 Å². The Morgan fingerprint density at radius 3 is 1.45 bits per heavy atom. The number of fused-ring (bicyclic) bond motifs is 4. The summed E-state index contributed by atoms with van der Waals surface area (Å²) in [6.45, 7) is 20.7. The van der Waals surface area contributed by atoms with E-state index in [-0.39, 0.29) is 110 Å². The van der Waals surface area contributed by atoms with Crippen LogP contribution in [-0.4, -0.2) is 271 Å². The third-order valence-corrected chi connectivity index (χ3v) is 17.8. The number of nitrogens with zero attached hydrogens (tertiary/aromatic N) is 5. The molecule has 0 bridgehead atoms. The fourth-order valence-electron chi connectivity index (χ4n) is 11.6. The molecule has 7 N–H and O–H groups in total. The Hall–Kier alpha value is -9.30. The number of ether oxygens (including phenoxy) is 11. The third kappa shape index (κ3) is 22.9. The topological polar surface area (TPSA) is 416 Å². The van der Waals surface area contributed by atoms with Crippen LogP contribution in [0.1, 0.15) is 94.9 Å². The number of nitrogens with one attached hydrogen (secondary N) is 4. The molecular formula is C71H99N9O26. The van der Waals surface area contributed by atoms with Crippen LogP contribution in [0.4, 0.5) is 21.0 Å². The summed E-state index contributed by atoms with van der Waals surface area (Å²) in [5, 5.41) is 44.8. The van der Waals surface area contributed by atoms with E-state index in [9.17, 15) is 63.3 Å². The fraction of sp³-hybridized carbons (Fsp3) is 0.577. The maximum Gasteiger partial charge on any atom is 0.416 e. The molecule has 5 aliphatic heterocycles. The van der Waals surface area contributed by atoms with Gasteiger partial charge in [0.25, 0.3) is 23.6 Å². The summed E-state index contributed by atoms with van der Waals surface area (Å²) in [6, 6.07) is 0.745. The number of carbonyl (C=O) groups excluding carboxylic acids is 9. The highest BCUT2D eigenvalue weighted by molar-refractivity contribution is 6.13. The van der Waals surface area contributed by atoms with Crippen molar-refractivity contribution in [1.82, 2.24) is 36.0 Å². The van der Waals surface area contributed by atoms with Crippen molar-refractivity contribution in [2.45, 2.75) is 116 Å². The lowest BCUT2D eigenvalue weighted by Crippen LogP contribution is -2.58. The second kappa shape index (κ2) is 41.0. The van der Waals surface area contributed by atoms with E-state index < -0.39 is 114 Å². The summed E-state index contributed by atoms with van der Waals surface area (Å²) in [6.07, 6.45) is 1.08. The first-order valence-corrected chi connectivity index (χ1v) is 34.8. The number of hydrogen-bond acceptors (Lipinski definition) is 25. The van der Waals surface area contributed by atoms with Gasteiger partial charge in [0.1, 0.15) is 12.1 Å². The number of benzene rings is 2. The van der Waals surface area contributed by atoms with Gasteiger partial charge in [-0.05, 0) is 58.6 Å². The standard InChI is InChI=1S/C71H99N9O26/c1-11-71(8,75-63(85)47(7)73-64(86)62(43(2)3)74-59(82)15-18-96-20-22-98-24-26-100-28-30-102-32-33-103-31-29-101-27-25-99-23-21-97-19-16-72-58(81)14-17-76-60(83)12-13-61(76)84)46(6)42-104-70(93)80-51-39-57(55(95-10)37-49(51)66(88)78-41-45(5)35-53(78)68(80)90)106-105-56-38-50-48(36-54(56)94-9)65(87)77-40-44(4)34-52(77)67(89)79(50)69(91)92/h11-13,36-41,43,46-47,52-53,62,67-68,89-90H,1,14-35,42H2,2-10H3,(H,72,81)(H,73,86)(H,74,82)(H,75,85)(H,91,92)/t46-,47-,52+,53+,62-,67+,68+,71?/m1/s1. The number of hydrogen-bond donors (Lipinski definition) is 7. The van der Waals surface area contributed by atoms with Crippen molar-refractivity contribution in [3.05, 3.63) is 83.7 Å². The van der Waals surface area contributed by atoms with Crippen LogP contribution in [0.5, 0.6) is 23.0 Å². The molecule has 8 atom stereocenters. The number of amides is 10. The van der Waals surface area contributed by atoms with Crippen molar-refractivity contribution in [1.29, 1.82) is 0 Å². The molecule has 5 aliphatic rings. The highest BCUT2D eigenvalue weighted by Crippen LogP contribution is 2.45. The highest BCUT2D eigenvalue weighted by Gasteiger charge is 2.48. The Kier molecular flexibility index (Phi) is 32.5. The van der Waals surface area contributed by atoms with Gasteiger partial charge in [-0.3, -0.25) is 53.0 Å². The fourth-order valence-corrected chi connectivity index (χ4v) is 11.6. The Morgan fingerprint density at radius 2 is 1.02 bits per heavy atom. The summed E-state index contributed by atoms with van der Waals surface area (Å²) in [5.74, 6) is -5.97. The van der Waals surface area contributed by atoms with Gasteiger partial charge in [0, 0.05) is 68.5 Å². The first kappa shape index (κ1) is 84.0. The monoisotopic (exact) mass is 1490 g/mol. The van der Waals surface area contributed by atoms with Crippen LogP contribution in [0, 0.1) is 11.8 Å². The molecule has 0 aliphatic carbocycles. The molecule has 1 unspecified atom stereocenters. The number of aliphatic hydroxyl groups excluding tert-OH is 2. The highest BCUT2D eigenvalue weighted by atomic mass is 17.2. The Morgan fingerprint density at radius 1 is 0.585 bits per heavy atom. The van der Waals surface area contributed by atoms with Crippen LogP contribution in [0.15, 0.2) is 72.6 Å². The van der Waals surface area contributed by atoms with E-state index >= 15 is 0 Å². The van der Waals surface area contributed by atoms with Crippen molar-refractivity contribution in [2.24, 2.45) is 11.8 Å². The molecule has 0 spiro atoms. The van der Waals surface area contributed by atoms with Crippen LogP contribution in [0.3, 0.4) is 0 Å². The van der Waals surface area contributed by atoms with Crippen LogP contribution in [0.25, 0.3) is 0 Å². The van der Waals surface area contributed by atoms with Crippen molar-refractivity contribution >= 4 is 70.8 Å². The van der Waals surface area contributed by atoms with E-state index in [1.165, 1.54) is 67.4 Å². The number of carbonyl (C=O) groups is 10. The maximum absolute atomic E-state index is 14.6. The zero-order valence-electron chi connectivity index (χ0n) is 61.3. The molecule has 2 aromatic rings. The molecule has 35 heteroatoms. The van der Waals surface area contributed by atoms with Gasteiger partial charge < -0.3 is 98.5 Å². The summed E-state index contributed by atoms with van der Waals surface area (Å²) in [5.41, 5.74) is -0.555. The number of methoxy groups -OCH3 is 2. The number of carboxylic acid groups (broad SMARTS) is 1. The number of rotatable bonds is 45. The summed E-state index contributed by atoms with van der Waals surface area (Å²) in [4.78, 5) is 148. The van der Waals surface area contributed by atoms with Crippen molar-refractivity contribution in [3.8, 4) is 23.0 Å². The number of imide groups is 1. The van der Waals surface area contributed by atoms with Gasteiger partial charge in [0.2, 0.25) is 35.1 Å². The SMILES string of the molecule is C=CC(C)(NC(=O)[C@@H](C)NC(=O)[C@H](NC(=O)CCOCCOCCOCCOCCOCCOCCOCCOCCNC(=O)CCN1C(=O)C=CC1=O)C(C)C)[C@H](C)COC(=O)N1c2cc(OOc3cc4c(cc3OC)C(=O)N3C=C(C)C[C@H]3[C@H](O)N4C(=O)O)c(OC)cc2C(=O)N2C=C(C)C[C@H]2[C@@H]1O. The minimum Gasteiger partial charge on any atom is -0.493 e. The average Bonchev–Trinajstić information content (AvgIpc) is 1.58. The maximum atomic E-state index is 14.6. The predicted molar refractivity (Wildman–Crippen MR) is 375 cm³/mol. The molecule has 0 fully saturated rings. The lowest BCUT2D eigenvalue weighted by Gasteiger charge is -2.36. The molecule has 0 aromatic heterocycles. The van der Waals surface area contributed by atoms with E-state index in [1.807, 2.05) is 0 Å². The summed E-state index contributed by atoms with van der Waals surface area (Å²) >= 11 is 0. The van der Waals surface area contributed by atoms with Gasteiger partial charge in [0.05, 0.1) is 167 Å². The van der Waals surface area contributed by atoms with E-state index in [0.717, 1.165) is 27.0 Å². The van der Waals surface area contributed by atoms with Crippen LogP contribution < -0.4 is 50.3 Å². The second-order valence-corrected chi connectivity index (χ2v) is 25.9. The molecule has 10 amide bonds. The predicted octanol–water partition coefficient (Wildman–Crippen LogP) is 2.70. The Labute approximate surface area is 614 Å².